The molecule has 1 saturated heterocycles. The molecular weight excluding hydrogens is 216 g/mol. The van der Waals surface area contributed by atoms with Gasteiger partial charge in [0.15, 0.2) is 0 Å². The van der Waals surface area contributed by atoms with Crippen molar-refractivity contribution in [2.75, 3.05) is 6.54 Å². The molecule has 0 saturated carbocycles. The van der Waals surface area contributed by atoms with Gasteiger partial charge < -0.3 is 10.2 Å². The molecule has 2 amide bonds. The molecular formula is C13H22N2O2. The second kappa shape index (κ2) is 6.42. The van der Waals surface area contributed by atoms with Crippen LogP contribution in [0.5, 0.6) is 0 Å². The van der Waals surface area contributed by atoms with Crippen LogP contribution < -0.4 is 5.32 Å². The lowest BCUT2D eigenvalue weighted by Crippen LogP contribution is -2.46. The van der Waals surface area contributed by atoms with Gasteiger partial charge in [0.05, 0.1) is 0 Å². The number of allylic oxidation sites excluding steroid dienone is 1. The molecule has 1 aliphatic rings. The normalized spacial score (nSPS) is 26.2. The summed E-state index contributed by atoms with van der Waals surface area (Å²) in [6.45, 7) is 6.46. The molecule has 2 atom stereocenters. The molecule has 96 valence electrons. The Kier molecular flexibility index (Phi) is 5.19. The van der Waals surface area contributed by atoms with Gasteiger partial charge in [-0.25, -0.2) is 0 Å². The Labute approximate surface area is 103 Å². The van der Waals surface area contributed by atoms with Gasteiger partial charge in [0.1, 0.15) is 6.04 Å². The van der Waals surface area contributed by atoms with E-state index in [1.54, 1.807) is 4.90 Å². The van der Waals surface area contributed by atoms with Crippen LogP contribution in [0.15, 0.2) is 12.2 Å². The van der Waals surface area contributed by atoms with Crippen LogP contribution in [0.2, 0.25) is 0 Å². The average molecular weight is 238 g/mol. The lowest BCUT2D eigenvalue weighted by molar-refractivity contribution is -0.134. The van der Waals surface area contributed by atoms with E-state index in [1.165, 1.54) is 0 Å². The summed E-state index contributed by atoms with van der Waals surface area (Å²) in [4.78, 5) is 25.7. The van der Waals surface area contributed by atoms with Gasteiger partial charge in [-0.05, 0) is 20.3 Å². The number of hydrogen-bond donors (Lipinski definition) is 1. The zero-order valence-corrected chi connectivity index (χ0v) is 10.9. The maximum Gasteiger partial charge on any atom is 0.245 e. The van der Waals surface area contributed by atoms with E-state index in [2.05, 4.69) is 5.32 Å². The van der Waals surface area contributed by atoms with Crippen molar-refractivity contribution in [1.82, 2.24) is 10.2 Å². The Bertz CT molecular complexity index is 313. The second-order valence-corrected chi connectivity index (χ2v) is 4.52. The monoisotopic (exact) mass is 238 g/mol. The Morgan fingerprint density at radius 1 is 1.47 bits per heavy atom. The molecule has 4 nitrogen and oxygen atoms in total. The highest BCUT2D eigenvalue weighted by molar-refractivity contribution is 5.90. The molecule has 1 N–H and O–H groups in total. The number of nitrogens with zero attached hydrogens (tertiary/aromatic N) is 1. The van der Waals surface area contributed by atoms with Crippen molar-refractivity contribution in [3.05, 3.63) is 12.2 Å². The van der Waals surface area contributed by atoms with E-state index < -0.39 is 0 Å². The summed E-state index contributed by atoms with van der Waals surface area (Å²) in [5.41, 5.74) is 0. The second-order valence-electron chi connectivity index (χ2n) is 4.52. The summed E-state index contributed by atoms with van der Waals surface area (Å²) in [6, 6.07) is -0.372. The molecule has 0 aliphatic carbocycles. The Morgan fingerprint density at radius 2 is 2.18 bits per heavy atom. The minimum atomic E-state index is -0.345. The molecule has 0 radical (unpaired) electrons. The van der Waals surface area contributed by atoms with Gasteiger partial charge in [-0.2, -0.15) is 0 Å². The minimum Gasteiger partial charge on any atom is -0.344 e. The SMILES string of the molecule is C/C=C/CN1C(=O)C(CCC)NC(=O)CC1C. The quantitative estimate of drug-likeness (QED) is 0.754. The van der Waals surface area contributed by atoms with Crippen LogP contribution in [0, 0.1) is 0 Å². The highest BCUT2D eigenvalue weighted by Gasteiger charge is 2.32. The largest absolute Gasteiger partial charge is 0.344 e. The molecule has 4 heteroatoms. The topological polar surface area (TPSA) is 49.4 Å². The Hall–Kier alpha value is -1.32. The molecule has 1 rings (SSSR count). The van der Waals surface area contributed by atoms with Gasteiger partial charge in [0, 0.05) is 19.0 Å². The maximum atomic E-state index is 12.3. The van der Waals surface area contributed by atoms with Crippen molar-refractivity contribution in [1.29, 1.82) is 0 Å². The molecule has 1 fully saturated rings. The molecule has 0 aromatic rings. The van der Waals surface area contributed by atoms with Crippen molar-refractivity contribution >= 4 is 11.8 Å². The van der Waals surface area contributed by atoms with Gasteiger partial charge in [-0.1, -0.05) is 25.5 Å². The van der Waals surface area contributed by atoms with Crippen molar-refractivity contribution in [3.8, 4) is 0 Å². The van der Waals surface area contributed by atoms with Crippen LogP contribution in [0.4, 0.5) is 0 Å². The third kappa shape index (κ3) is 3.58. The highest BCUT2D eigenvalue weighted by atomic mass is 16.2. The Balaban J connectivity index is 2.84. The molecule has 0 aromatic carbocycles. The average Bonchev–Trinajstić information content (AvgIpc) is 2.36. The molecule has 2 unspecified atom stereocenters. The van der Waals surface area contributed by atoms with Crippen molar-refractivity contribution in [2.24, 2.45) is 0 Å². The Morgan fingerprint density at radius 3 is 2.76 bits per heavy atom. The van der Waals surface area contributed by atoms with Gasteiger partial charge in [-0.3, -0.25) is 9.59 Å². The number of hydrogen-bond acceptors (Lipinski definition) is 2. The van der Waals surface area contributed by atoms with Crippen LogP contribution in [-0.4, -0.2) is 35.3 Å². The fourth-order valence-electron chi connectivity index (χ4n) is 2.08. The minimum absolute atomic E-state index is 0.0210. The predicted molar refractivity (Wildman–Crippen MR) is 67.4 cm³/mol. The summed E-state index contributed by atoms with van der Waals surface area (Å²) in [6.07, 6.45) is 5.87. The number of nitrogens with one attached hydrogen (secondary N) is 1. The molecule has 0 bridgehead atoms. The van der Waals surface area contributed by atoms with Crippen LogP contribution in [0.3, 0.4) is 0 Å². The molecule has 17 heavy (non-hydrogen) atoms. The van der Waals surface area contributed by atoms with Gasteiger partial charge >= 0.3 is 0 Å². The summed E-state index contributed by atoms with van der Waals surface area (Å²) < 4.78 is 0. The van der Waals surface area contributed by atoms with Crippen LogP contribution in [0.25, 0.3) is 0 Å². The number of rotatable bonds is 4. The molecule has 0 aromatic heterocycles. The molecule has 0 spiro atoms. The van der Waals surface area contributed by atoms with E-state index in [0.29, 0.717) is 19.4 Å². The summed E-state index contributed by atoms with van der Waals surface area (Å²) in [5, 5.41) is 2.81. The standard InChI is InChI=1S/C13H22N2O2/c1-4-6-8-15-10(3)9-12(16)14-11(7-5-2)13(15)17/h4,6,10-11H,5,7-9H2,1-3H3,(H,14,16)/b6-4+. The predicted octanol–water partition coefficient (Wildman–Crippen LogP) is 1.47. The zero-order chi connectivity index (χ0) is 12.8. The fourth-order valence-corrected chi connectivity index (χ4v) is 2.08. The van der Waals surface area contributed by atoms with E-state index in [4.69, 9.17) is 0 Å². The van der Waals surface area contributed by atoms with Crippen molar-refractivity contribution in [3.63, 3.8) is 0 Å². The first-order valence-corrected chi connectivity index (χ1v) is 6.31. The van der Waals surface area contributed by atoms with Crippen LogP contribution in [-0.2, 0) is 9.59 Å². The van der Waals surface area contributed by atoms with E-state index in [1.807, 2.05) is 32.9 Å². The van der Waals surface area contributed by atoms with E-state index >= 15 is 0 Å². The fraction of sp³-hybridized carbons (Fsp3) is 0.692. The third-order valence-corrected chi connectivity index (χ3v) is 3.04. The van der Waals surface area contributed by atoms with Crippen molar-refractivity contribution in [2.45, 2.75) is 52.1 Å². The van der Waals surface area contributed by atoms with E-state index in [9.17, 15) is 9.59 Å². The summed E-state index contributed by atoms with van der Waals surface area (Å²) in [7, 11) is 0. The smallest absolute Gasteiger partial charge is 0.245 e. The van der Waals surface area contributed by atoms with E-state index in [0.717, 1.165) is 6.42 Å². The molecule has 1 aliphatic heterocycles. The third-order valence-electron chi connectivity index (χ3n) is 3.04. The zero-order valence-electron chi connectivity index (χ0n) is 10.9. The highest BCUT2D eigenvalue weighted by Crippen LogP contribution is 2.14. The maximum absolute atomic E-state index is 12.3. The number of carbonyl (C=O) groups is 2. The first-order chi connectivity index (χ1) is 8.10. The van der Waals surface area contributed by atoms with E-state index in [-0.39, 0.29) is 23.9 Å². The van der Waals surface area contributed by atoms with Gasteiger partial charge in [0.25, 0.3) is 0 Å². The van der Waals surface area contributed by atoms with Gasteiger partial charge in [-0.15, -0.1) is 0 Å². The van der Waals surface area contributed by atoms with Gasteiger partial charge in [0.2, 0.25) is 11.8 Å². The summed E-state index contributed by atoms with van der Waals surface area (Å²) in [5.74, 6) is 0.0237. The first-order valence-electron chi connectivity index (χ1n) is 6.31. The van der Waals surface area contributed by atoms with Crippen molar-refractivity contribution < 1.29 is 9.59 Å². The first kappa shape index (κ1) is 13.7. The summed E-state index contributed by atoms with van der Waals surface area (Å²) >= 11 is 0. The lowest BCUT2D eigenvalue weighted by Gasteiger charge is -2.27. The molecule has 1 heterocycles. The van der Waals surface area contributed by atoms with Crippen LogP contribution in [0.1, 0.15) is 40.0 Å². The number of amides is 2. The van der Waals surface area contributed by atoms with Crippen LogP contribution >= 0.6 is 0 Å². The lowest BCUT2D eigenvalue weighted by atomic mass is 10.1. The number of carbonyl (C=O) groups excluding carboxylic acids is 2.